The minimum absolute atomic E-state index is 0.879. The average molecular weight is 210 g/mol. The lowest BCUT2D eigenvalue weighted by atomic mass is 9.93. The van der Waals surface area contributed by atoms with Gasteiger partial charge in [-0.25, -0.2) is 0 Å². The van der Waals surface area contributed by atoms with E-state index in [2.05, 4.69) is 24.1 Å². The molecular formula is C13H26N2. The average Bonchev–Trinajstić information content (AvgIpc) is 2.65. The van der Waals surface area contributed by atoms with Gasteiger partial charge in [0, 0.05) is 12.6 Å². The van der Waals surface area contributed by atoms with Gasteiger partial charge in [-0.15, -0.1) is 0 Å². The molecule has 0 bridgehead atoms. The van der Waals surface area contributed by atoms with Crippen LogP contribution in [0.3, 0.4) is 0 Å². The Bertz CT molecular complexity index is 193. The van der Waals surface area contributed by atoms with Crippen LogP contribution in [-0.2, 0) is 0 Å². The zero-order valence-electron chi connectivity index (χ0n) is 10.3. The van der Waals surface area contributed by atoms with E-state index in [1.807, 2.05) is 0 Å². The molecule has 1 N–H and O–H groups in total. The molecule has 0 spiro atoms. The number of hydrogen-bond donors (Lipinski definition) is 1. The topological polar surface area (TPSA) is 15.3 Å². The Hall–Kier alpha value is -0.0800. The Kier molecular flexibility index (Phi) is 4.04. The molecule has 2 aliphatic heterocycles. The van der Waals surface area contributed by atoms with Crippen molar-refractivity contribution >= 4 is 0 Å². The van der Waals surface area contributed by atoms with E-state index in [1.54, 1.807) is 0 Å². The summed E-state index contributed by atoms with van der Waals surface area (Å²) >= 11 is 0. The Balaban J connectivity index is 1.85. The molecule has 2 saturated heterocycles. The fourth-order valence-corrected chi connectivity index (χ4v) is 3.17. The summed E-state index contributed by atoms with van der Waals surface area (Å²) in [6.45, 7) is 9.91. The predicted octanol–water partition coefficient (Wildman–Crippen LogP) is 2.11. The van der Waals surface area contributed by atoms with Gasteiger partial charge in [0.15, 0.2) is 0 Å². The van der Waals surface area contributed by atoms with Gasteiger partial charge in [0.25, 0.3) is 0 Å². The molecule has 2 fully saturated rings. The Morgan fingerprint density at radius 3 is 2.80 bits per heavy atom. The van der Waals surface area contributed by atoms with Crippen molar-refractivity contribution in [2.45, 2.75) is 45.6 Å². The minimum Gasteiger partial charge on any atom is -0.316 e. The van der Waals surface area contributed by atoms with Crippen molar-refractivity contribution in [3.63, 3.8) is 0 Å². The number of nitrogens with zero attached hydrogens (tertiary/aromatic N) is 1. The molecule has 2 nitrogen and oxygen atoms in total. The molecule has 2 aliphatic rings. The van der Waals surface area contributed by atoms with Gasteiger partial charge in [-0.1, -0.05) is 20.3 Å². The molecule has 15 heavy (non-hydrogen) atoms. The van der Waals surface area contributed by atoms with Crippen molar-refractivity contribution in [2.24, 2.45) is 11.8 Å². The van der Waals surface area contributed by atoms with E-state index in [0.717, 1.165) is 17.9 Å². The highest BCUT2D eigenvalue weighted by molar-refractivity contribution is 4.84. The summed E-state index contributed by atoms with van der Waals surface area (Å²) in [5.41, 5.74) is 0. The summed E-state index contributed by atoms with van der Waals surface area (Å²) in [6.07, 6.45) is 5.65. The van der Waals surface area contributed by atoms with Gasteiger partial charge in [-0.05, 0) is 50.7 Å². The van der Waals surface area contributed by atoms with Crippen LogP contribution in [0.2, 0.25) is 0 Å². The third kappa shape index (κ3) is 2.73. The second kappa shape index (κ2) is 5.31. The molecule has 0 aromatic rings. The fraction of sp³-hybridized carbons (Fsp3) is 1.00. The number of likely N-dealkylation sites (tertiary alicyclic amines) is 1. The Morgan fingerprint density at radius 1 is 1.27 bits per heavy atom. The van der Waals surface area contributed by atoms with Crippen molar-refractivity contribution < 1.29 is 0 Å². The lowest BCUT2D eigenvalue weighted by Gasteiger charge is -2.37. The van der Waals surface area contributed by atoms with Crippen molar-refractivity contribution in [1.29, 1.82) is 0 Å². The first-order valence-corrected chi connectivity index (χ1v) is 6.76. The van der Waals surface area contributed by atoms with Crippen LogP contribution in [-0.4, -0.2) is 37.1 Å². The third-order valence-corrected chi connectivity index (χ3v) is 4.37. The lowest BCUT2D eigenvalue weighted by molar-refractivity contribution is 0.117. The summed E-state index contributed by atoms with van der Waals surface area (Å²) in [6, 6.07) is 0.881. The van der Waals surface area contributed by atoms with E-state index < -0.39 is 0 Å². The molecule has 0 aromatic heterocycles. The summed E-state index contributed by atoms with van der Waals surface area (Å²) in [5.74, 6) is 1.78. The van der Waals surface area contributed by atoms with Crippen molar-refractivity contribution in [2.75, 3.05) is 26.2 Å². The molecule has 0 amide bonds. The summed E-state index contributed by atoms with van der Waals surface area (Å²) in [7, 11) is 0. The van der Waals surface area contributed by atoms with Gasteiger partial charge < -0.3 is 10.2 Å². The first-order valence-electron chi connectivity index (χ1n) is 6.76. The number of nitrogens with one attached hydrogen (secondary N) is 1. The van der Waals surface area contributed by atoms with E-state index in [1.165, 1.54) is 51.9 Å². The third-order valence-electron chi connectivity index (χ3n) is 4.37. The molecule has 3 unspecified atom stereocenters. The maximum Gasteiger partial charge on any atom is 0.00927 e. The van der Waals surface area contributed by atoms with Gasteiger partial charge in [0.05, 0.1) is 0 Å². The van der Waals surface area contributed by atoms with Crippen LogP contribution >= 0.6 is 0 Å². The van der Waals surface area contributed by atoms with Crippen LogP contribution < -0.4 is 5.32 Å². The maximum absolute atomic E-state index is 3.52. The number of piperidine rings is 1. The monoisotopic (exact) mass is 210 g/mol. The van der Waals surface area contributed by atoms with Crippen LogP contribution in [0.15, 0.2) is 0 Å². The number of hydrogen-bond acceptors (Lipinski definition) is 2. The smallest absolute Gasteiger partial charge is 0.00927 e. The molecule has 0 aromatic carbocycles. The molecule has 3 atom stereocenters. The summed E-state index contributed by atoms with van der Waals surface area (Å²) in [5, 5.41) is 3.52. The second-order valence-electron chi connectivity index (χ2n) is 5.45. The van der Waals surface area contributed by atoms with E-state index in [4.69, 9.17) is 0 Å². The van der Waals surface area contributed by atoms with E-state index in [-0.39, 0.29) is 0 Å². The van der Waals surface area contributed by atoms with Crippen LogP contribution in [0.5, 0.6) is 0 Å². The second-order valence-corrected chi connectivity index (χ2v) is 5.45. The standard InChI is InChI=1S/C13H26N2/c1-3-13-6-4-5-7-15(13)10-12-9-14-8-11(12)2/h11-14H,3-10H2,1-2H3. The SMILES string of the molecule is CCC1CCCCN1CC1CNCC1C. The molecule has 88 valence electrons. The van der Waals surface area contributed by atoms with E-state index in [0.29, 0.717) is 0 Å². The molecule has 2 heteroatoms. The highest BCUT2D eigenvalue weighted by Gasteiger charge is 2.28. The number of rotatable bonds is 3. The quantitative estimate of drug-likeness (QED) is 0.767. The van der Waals surface area contributed by atoms with E-state index in [9.17, 15) is 0 Å². The Labute approximate surface area is 94.4 Å². The van der Waals surface area contributed by atoms with Crippen molar-refractivity contribution in [3.8, 4) is 0 Å². The van der Waals surface area contributed by atoms with Gasteiger partial charge >= 0.3 is 0 Å². The fourth-order valence-electron chi connectivity index (χ4n) is 3.17. The molecule has 0 aliphatic carbocycles. The zero-order valence-corrected chi connectivity index (χ0v) is 10.3. The van der Waals surface area contributed by atoms with Gasteiger partial charge in [-0.2, -0.15) is 0 Å². The van der Waals surface area contributed by atoms with Crippen LogP contribution in [0.25, 0.3) is 0 Å². The van der Waals surface area contributed by atoms with E-state index >= 15 is 0 Å². The highest BCUT2D eigenvalue weighted by Crippen LogP contribution is 2.24. The van der Waals surface area contributed by atoms with Gasteiger partial charge in [0.1, 0.15) is 0 Å². The molecular weight excluding hydrogens is 184 g/mol. The maximum atomic E-state index is 3.52. The van der Waals surface area contributed by atoms with Crippen LogP contribution in [0.1, 0.15) is 39.5 Å². The normalized spacial score (nSPS) is 38.4. The first-order chi connectivity index (χ1) is 7.31. The summed E-state index contributed by atoms with van der Waals surface area (Å²) < 4.78 is 0. The van der Waals surface area contributed by atoms with Crippen molar-refractivity contribution in [3.05, 3.63) is 0 Å². The highest BCUT2D eigenvalue weighted by atomic mass is 15.2. The molecule has 2 rings (SSSR count). The Morgan fingerprint density at radius 2 is 2.13 bits per heavy atom. The molecule has 2 heterocycles. The predicted molar refractivity (Wildman–Crippen MR) is 65.0 cm³/mol. The minimum atomic E-state index is 0.879. The first kappa shape index (κ1) is 11.4. The zero-order chi connectivity index (χ0) is 10.7. The van der Waals surface area contributed by atoms with Gasteiger partial charge in [0.2, 0.25) is 0 Å². The van der Waals surface area contributed by atoms with Crippen LogP contribution in [0, 0.1) is 11.8 Å². The molecule has 0 radical (unpaired) electrons. The summed E-state index contributed by atoms with van der Waals surface area (Å²) in [4.78, 5) is 2.76. The largest absolute Gasteiger partial charge is 0.316 e. The lowest BCUT2D eigenvalue weighted by Crippen LogP contribution is -2.43. The molecule has 0 saturated carbocycles. The van der Waals surface area contributed by atoms with Crippen molar-refractivity contribution in [1.82, 2.24) is 10.2 Å². The van der Waals surface area contributed by atoms with Gasteiger partial charge in [-0.3, -0.25) is 0 Å². The van der Waals surface area contributed by atoms with Crippen LogP contribution in [0.4, 0.5) is 0 Å².